The number of rotatable bonds is 3. The number of nitrogens with zero attached hydrogens (tertiary/aromatic N) is 2. The van der Waals surface area contributed by atoms with Gasteiger partial charge in [0.15, 0.2) is 5.76 Å². The van der Waals surface area contributed by atoms with E-state index in [1.807, 2.05) is 24.3 Å². The maximum atomic E-state index is 13.3. The average molecular weight is 322 g/mol. The monoisotopic (exact) mass is 322 g/mol. The second-order valence-electron chi connectivity index (χ2n) is 5.82. The molecule has 1 aliphatic rings. The first-order valence-electron chi connectivity index (χ1n) is 7.79. The van der Waals surface area contributed by atoms with E-state index >= 15 is 0 Å². The molecule has 0 radical (unpaired) electrons. The normalized spacial score (nSPS) is 13.1. The zero-order valence-electron chi connectivity index (χ0n) is 12.9. The molecule has 0 saturated carbocycles. The first kappa shape index (κ1) is 14.6. The quantitative estimate of drug-likeness (QED) is 0.740. The number of hydrogen-bond donors (Lipinski definition) is 0. The Morgan fingerprint density at radius 3 is 2.92 bits per heavy atom. The van der Waals surface area contributed by atoms with Gasteiger partial charge < -0.3 is 9.42 Å². The molecule has 24 heavy (non-hydrogen) atoms. The van der Waals surface area contributed by atoms with E-state index in [1.165, 1.54) is 12.1 Å². The minimum absolute atomic E-state index is 0.0215. The Bertz CT molecular complexity index is 890. The summed E-state index contributed by atoms with van der Waals surface area (Å²) in [7, 11) is 0. The summed E-state index contributed by atoms with van der Waals surface area (Å²) in [5, 5.41) is 3.72. The minimum atomic E-state index is -0.321. The molecule has 0 N–H and O–H groups in total. The molecule has 120 valence electrons. The maximum Gasteiger partial charge on any atom is 0.231 e. The predicted octanol–water partition coefficient (Wildman–Crippen LogP) is 3.61. The van der Waals surface area contributed by atoms with Crippen LogP contribution in [-0.2, 0) is 17.6 Å². The highest BCUT2D eigenvalue weighted by molar-refractivity contribution is 5.97. The lowest BCUT2D eigenvalue weighted by Gasteiger charge is -2.17. The molecule has 4 rings (SSSR count). The van der Waals surface area contributed by atoms with Crippen molar-refractivity contribution < 1.29 is 13.7 Å². The van der Waals surface area contributed by atoms with Crippen LogP contribution >= 0.6 is 0 Å². The van der Waals surface area contributed by atoms with Crippen LogP contribution in [0.3, 0.4) is 0 Å². The number of carbonyl (C=O) groups excluding carboxylic acids is 1. The van der Waals surface area contributed by atoms with Crippen molar-refractivity contribution in [1.29, 1.82) is 0 Å². The summed E-state index contributed by atoms with van der Waals surface area (Å²) >= 11 is 0. The lowest BCUT2D eigenvalue weighted by atomic mass is 10.1. The Balaban J connectivity index is 1.56. The molecule has 5 heteroatoms. The van der Waals surface area contributed by atoms with Crippen LogP contribution in [0.15, 0.2) is 59.3 Å². The number of anilines is 1. The molecule has 1 aromatic heterocycles. The van der Waals surface area contributed by atoms with Crippen LogP contribution in [-0.4, -0.2) is 17.6 Å². The van der Waals surface area contributed by atoms with Crippen LogP contribution in [0.25, 0.3) is 11.3 Å². The molecule has 4 nitrogen and oxygen atoms in total. The Morgan fingerprint density at radius 2 is 2.12 bits per heavy atom. The van der Waals surface area contributed by atoms with Gasteiger partial charge in [-0.1, -0.05) is 17.3 Å². The van der Waals surface area contributed by atoms with Gasteiger partial charge in [-0.3, -0.25) is 4.79 Å². The number of halogens is 1. The first-order chi connectivity index (χ1) is 11.7. The van der Waals surface area contributed by atoms with E-state index in [1.54, 1.807) is 23.2 Å². The fourth-order valence-electron chi connectivity index (χ4n) is 3.10. The molecule has 2 heterocycles. The zero-order valence-corrected chi connectivity index (χ0v) is 12.9. The predicted molar refractivity (Wildman–Crippen MR) is 88.1 cm³/mol. The van der Waals surface area contributed by atoms with Crippen molar-refractivity contribution >= 4 is 11.6 Å². The van der Waals surface area contributed by atoms with Gasteiger partial charge in [0.2, 0.25) is 5.91 Å². The topological polar surface area (TPSA) is 46.3 Å². The molecule has 0 spiro atoms. The van der Waals surface area contributed by atoms with Gasteiger partial charge >= 0.3 is 0 Å². The van der Waals surface area contributed by atoms with E-state index in [0.29, 0.717) is 17.9 Å². The molecule has 0 unspecified atom stereocenters. The van der Waals surface area contributed by atoms with E-state index < -0.39 is 0 Å². The third-order valence-electron chi connectivity index (χ3n) is 4.24. The molecular formula is C19H15FN2O2. The molecule has 2 aromatic carbocycles. The van der Waals surface area contributed by atoms with Crippen molar-refractivity contribution in [2.75, 3.05) is 11.4 Å². The van der Waals surface area contributed by atoms with E-state index in [9.17, 15) is 9.18 Å². The second-order valence-corrected chi connectivity index (χ2v) is 5.82. The summed E-state index contributed by atoms with van der Waals surface area (Å²) in [5.74, 6) is 0.368. The third kappa shape index (κ3) is 2.69. The number of amides is 1. The van der Waals surface area contributed by atoms with Gasteiger partial charge in [0.1, 0.15) is 5.82 Å². The molecule has 1 aliphatic heterocycles. The summed E-state index contributed by atoms with van der Waals surface area (Å²) in [5.41, 5.74) is 3.66. The largest absolute Gasteiger partial charge is 0.356 e. The third-order valence-corrected chi connectivity index (χ3v) is 4.24. The van der Waals surface area contributed by atoms with Crippen molar-refractivity contribution in [3.8, 4) is 11.3 Å². The van der Waals surface area contributed by atoms with Crippen molar-refractivity contribution in [1.82, 2.24) is 5.16 Å². The molecule has 0 aliphatic carbocycles. The smallest absolute Gasteiger partial charge is 0.231 e. The van der Waals surface area contributed by atoms with E-state index in [0.717, 1.165) is 23.2 Å². The Kier molecular flexibility index (Phi) is 3.61. The number of fused-ring (bicyclic) bond motifs is 1. The van der Waals surface area contributed by atoms with Crippen LogP contribution in [0.2, 0.25) is 0 Å². The van der Waals surface area contributed by atoms with Gasteiger partial charge in [-0.05, 0) is 47.9 Å². The van der Waals surface area contributed by atoms with Crippen molar-refractivity contribution in [3.63, 3.8) is 0 Å². The van der Waals surface area contributed by atoms with E-state index in [-0.39, 0.29) is 18.1 Å². The van der Waals surface area contributed by atoms with Gasteiger partial charge in [-0.2, -0.15) is 0 Å². The van der Waals surface area contributed by atoms with Crippen LogP contribution in [0.1, 0.15) is 11.1 Å². The van der Waals surface area contributed by atoms with Gasteiger partial charge in [0.05, 0.1) is 12.6 Å². The van der Waals surface area contributed by atoms with Crippen LogP contribution in [0.5, 0.6) is 0 Å². The highest BCUT2D eigenvalue weighted by Gasteiger charge is 2.25. The first-order valence-corrected chi connectivity index (χ1v) is 7.79. The molecule has 0 fully saturated rings. The zero-order chi connectivity index (χ0) is 16.5. The van der Waals surface area contributed by atoms with Crippen molar-refractivity contribution in [2.24, 2.45) is 0 Å². The van der Waals surface area contributed by atoms with Crippen LogP contribution < -0.4 is 4.90 Å². The molecule has 0 atom stereocenters. The van der Waals surface area contributed by atoms with Gasteiger partial charge in [-0.15, -0.1) is 0 Å². The maximum absolute atomic E-state index is 13.3. The van der Waals surface area contributed by atoms with E-state index in [2.05, 4.69) is 5.16 Å². The standard InChI is InChI=1S/C19H15FN2O2/c20-16-3-1-2-13(10-16)11-19(23)22-9-7-14-12-15(4-5-17(14)22)18-6-8-21-24-18/h1-6,8,10,12H,7,9,11H2. The molecule has 1 amide bonds. The Hall–Kier alpha value is -2.95. The summed E-state index contributed by atoms with van der Waals surface area (Å²) in [6.45, 7) is 0.642. The molecule has 3 aromatic rings. The van der Waals surface area contributed by atoms with Crippen LogP contribution in [0, 0.1) is 5.82 Å². The second kappa shape index (κ2) is 5.92. The van der Waals surface area contributed by atoms with Gasteiger partial charge in [0, 0.05) is 23.9 Å². The number of hydrogen-bond acceptors (Lipinski definition) is 3. The van der Waals surface area contributed by atoms with Crippen molar-refractivity contribution in [3.05, 3.63) is 71.7 Å². The Labute approximate surface area is 138 Å². The van der Waals surface area contributed by atoms with Gasteiger partial charge in [0.25, 0.3) is 0 Å². The number of aromatic nitrogens is 1. The van der Waals surface area contributed by atoms with E-state index in [4.69, 9.17) is 4.52 Å². The number of carbonyl (C=O) groups is 1. The lowest BCUT2D eigenvalue weighted by Crippen LogP contribution is -2.30. The molecular weight excluding hydrogens is 307 g/mol. The summed E-state index contributed by atoms with van der Waals surface area (Å²) in [6, 6.07) is 13.9. The Morgan fingerprint density at radius 1 is 1.21 bits per heavy atom. The molecule has 0 bridgehead atoms. The summed E-state index contributed by atoms with van der Waals surface area (Å²) in [6.07, 6.45) is 2.60. The van der Waals surface area contributed by atoms with Crippen molar-refractivity contribution in [2.45, 2.75) is 12.8 Å². The highest BCUT2D eigenvalue weighted by atomic mass is 19.1. The average Bonchev–Trinajstić information content (AvgIpc) is 3.24. The SMILES string of the molecule is O=C(Cc1cccc(F)c1)N1CCc2cc(-c3ccno3)ccc21. The fraction of sp³-hybridized carbons (Fsp3) is 0.158. The fourth-order valence-corrected chi connectivity index (χ4v) is 3.10. The summed E-state index contributed by atoms with van der Waals surface area (Å²) < 4.78 is 18.5. The minimum Gasteiger partial charge on any atom is -0.356 e. The lowest BCUT2D eigenvalue weighted by molar-refractivity contribution is -0.117. The highest BCUT2D eigenvalue weighted by Crippen LogP contribution is 2.32. The van der Waals surface area contributed by atoms with Gasteiger partial charge in [-0.25, -0.2) is 4.39 Å². The molecule has 0 saturated heterocycles. The van der Waals surface area contributed by atoms with Crippen LogP contribution in [0.4, 0.5) is 10.1 Å². The number of benzene rings is 2. The summed E-state index contributed by atoms with van der Waals surface area (Å²) in [4.78, 5) is 14.3.